The van der Waals surface area contributed by atoms with Gasteiger partial charge in [-0.3, -0.25) is 4.79 Å². The number of hydrogen-bond acceptors (Lipinski definition) is 3. The van der Waals surface area contributed by atoms with Crippen molar-refractivity contribution >= 4 is 5.97 Å². The van der Waals surface area contributed by atoms with Gasteiger partial charge in [0, 0.05) is 6.54 Å². The molecule has 1 aliphatic carbocycles. The molecule has 3 nitrogen and oxygen atoms in total. The minimum atomic E-state index is -0.186. The van der Waals surface area contributed by atoms with E-state index in [1.54, 1.807) is 0 Å². The molecule has 17 heavy (non-hydrogen) atoms. The predicted molar refractivity (Wildman–Crippen MR) is 66.8 cm³/mol. The first kappa shape index (κ1) is 12.1. The molecule has 0 fully saturated rings. The lowest BCUT2D eigenvalue weighted by Gasteiger charge is -2.06. The molecule has 1 aliphatic rings. The summed E-state index contributed by atoms with van der Waals surface area (Å²) < 4.78 is 4.85. The molecule has 0 unspecified atom stereocenters. The normalized spacial score (nSPS) is 13.5. The third kappa shape index (κ3) is 3.30. The Labute approximate surface area is 102 Å². The van der Waals surface area contributed by atoms with Gasteiger partial charge in [-0.25, -0.2) is 0 Å². The average Bonchev–Trinajstić information content (AvgIpc) is 2.76. The summed E-state index contributed by atoms with van der Waals surface area (Å²) in [5, 5.41) is 3.10. The lowest BCUT2D eigenvalue weighted by atomic mass is 10.1. The summed E-state index contributed by atoms with van der Waals surface area (Å²) in [7, 11) is 0. The highest BCUT2D eigenvalue weighted by atomic mass is 16.5. The van der Waals surface area contributed by atoms with Crippen LogP contribution in [0, 0.1) is 0 Å². The maximum atomic E-state index is 11.1. The van der Waals surface area contributed by atoms with Crippen LogP contribution in [0.25, 0.3) is 0 Å². The van der Waals surface area contributed by atoms with Crippen LogP contribution in [0.1, 0.15) is 30.0 Å². The van der Waals surface area contributed by atoms with E-state index in [0.717, 1.165) is 6.54 Å². The van der Waals surface area contributed by atoms with Crippen LogP contribution in [0.5, 0.6) is 0 Å². The van der Waals surface area contributed by atoms with Gasteiger partial charge >= 0.3 is 5.97 Å². The van der Waals surface area contributed by atoms with Gasteiger partial charge in [0.1, 0.15) is 0 Å². The largest absolute Gasteiger partial charge is 0.465 e. The Morgan fingerprint density at radius 2 is 2.18 bits per heavy atom. The van der Waals surface area contributed by atoms with Crippen molar-refractivity contribution in [1.82, 2.24) is 5.32 Å². The molecule has 1 aromatic rings. The highest BCUT2D eigenvalue weighted by Gasteiger charge is 2.10. The van der Waals surface area contributed by atoms with Crippen LogP contribution in [-0.4, -0.2) is 19.1 Å². The minimum absolute atomic E-state index is 0.186. The zero-order valence-corrected chi connectivity index (χ0v) is 10.3. The van der Waals surface area contributed by atoms with E-state index in [9.17, 15) is 4.79 Å². The third-order valence-electron chi connectivity index (χ3n) is 3.07. The molecule has 0 amide bonds. The molecule has 0 bridgehead atoms. The first-order valence-electron chi connectivity index (χ1n) is 6.26. The van der Waals surface area contributed by atoms with Crippen LogP contribution >= 0.6 is 0 Å². The Kier molecular flexibility index (Phi) is 4.15. The van der Waals surface area contributed by atoms with Crippen molar-refractivity contribution in [2.75, 3.05) is 13.2 Å². The Morgan fingerprint density at radius 1 is 1.35 bits per heavy atom. The lowest BCUT2D eigenvalue weighted by molar-refractivity contribution is -0.142. The zero-order chi connectivity index (χ0) is 12.1. The van der Waals surface area contributed by atoms with Gasteiger partial charge in [0.05, 0.1) is 13.2 Å². The Balaban J connectivity index is 1.81. The van der Waals surface area contributed by atoms with Crippen molar-refractivity contribution in [1.29, 1.82) is 0 Å². The molecular weight excluding hydrogens is 214 g/mol. The summed E-state index contributed by atoms with van der Waals surface area (Å²) in [6.07, 6.45) is 3.68. The number of benzene rings is 1. The molecule has 0 aliphatic heterocycles. The smallest absolute Gasteiger partial charge is 0.319 e. The number of hydrogen-bond donors (Lipinski definition) is 1. The van der Waals surface area contributed by atoms with Crippen molar-refractivity contribution in [3.8, 4) is 0 Å². The number of ether oxygens (including phenoxy) is 1. The van der Waals surface area contributed by atoms with Crippen LogP contribution in [-0.2, 0) is 28.9 Å². The molecule has 0 saturated carbocycles. The monoisotopic (exact) mass is 233 g/mol. The van der Waals surface area contributed by atoms with Gasteiger partial charge in [0.15, 0.2) is 0 Å². The fourth-order valence-electron chi connectivity index (χ4n) is 2.26. The SMILES string of the molecule is CCOC(=O)CNCc1ccc2c(c1)CCC2. The van der Waals surface area contributed by atoms with Crippen LogP contribution < -0.4 is 5.32 Å². The van der Waals surface area contributed by atoms with E-state index in [4.69, 9.17) is 4.74 Å². The number of aryl methyl sites for hydroxylation is 2. The van der Waals surface area contributed by atoms with Crippen molar-refractivity contribution < 1.29 is 9.53 Å². The summed E-state index contributed by atoms with van der Waals surface area (Å²) in [5.74, 6) is -0.186. The Morgan fingerprint density at radius 3 is 3.00 bits per heavy atom. The summed E-state index contributed by atoms with van der Waals surface area (Å²) in [5.41, 5.74) is 4.20. The van der Waals surface area contributed by atoms with Crippen molar-refractivity contribution in [2.24, 2.45) is 0 Å². The molecule has 0 radical (unpaired) electrons. The van der Waals surface area contributed by atoms with E-state index in [2.05, 4.69) is 23.5 Å². The summed E-state index contributed by atoms with van der Waals surface area (Å²) in [6, 6.07) is 6.60. The van der Waals surface area contributed by atoms with Gasteiger partial charge in [-0.2, -0.15) is 0 Å². The van der Waals surface area contributed by atoms with Crippen LogP contribution in [0.3, 0.4) is 0 Å². The molecule has 0 spiro atoms. The molecule has 1 aromatic carbocycles. The molecule has 0 aromatic heterocycles. The second kappa shape index (κ2) is 5.82. The molecule has 1 N–H and O–H groups in total. The number of carbonyl (C=O) groups is 1. The van der Waals surface area contributed by atoms with Crippen LogP contribution in [0.2, 0.25) is 0 Å². The summed E-state index contributed by atoms with van der Waals surface area (Å²) >= 11 is 0. The summed E-state index contributed by atoms with van der Waals surface area (Å²) in [6.45, 7) is 3.27. The van der Waals surface area contributed by atoms with Gasteiger partial charge < -0.3 is 10.1 Å². The van der Waals surface area contributed by atoms with Crippen molar-refractivity contribution in [2.45, 2.75) is 32.7 Å². The second-order valence-corrected chi connectivity index (χ2v) is 4.37. The standard InChI is InChI=1S/C14H19NO2/c1-2-17-14(16)10-15-9-11-6-7-12-4-3-5-13(12)8-11/h6-8,15H,2-5,9-10H2,1H3. The van der Waals surface area contributed by atoms with E-state index < -0.39 is 0 Å². The van der Waals surface area contributed by atoms with Gasteiger partial charge in [-0.15, -0.1) is 0 Å². The highest BCUT2D eigenvalue weighted by Crippen LogP contribution is 2.22. The number of rotatable bonds is 5. The van der Waals surface area contributed by atoms with Gasteiger partial charge in [-0.05, 0) is 42.9 Å². The number of carbonyl (C=O) groups excluding carboxylic acids is 1. The van der Waals surface area contributed by atoms with Crippen molar-refractivity contribution in [3.05, 3.63) is 34.9 Å². The average molecular weight is 233 g/mol. The van der Waals surface area contributed by atoms with E-state index >= 15 is 0 Å². The van der Waals surface area contributed by atoms with E-state index in [1.807, 2.05) is 6.92 Å². The highest BCUT2D eigenvalue weighted by molar-refractivity contribution is 5.71. The second-order valence-electron chi connectivity index (χ2n) is 4.37. The van der Waals surface area contributed by atoms with Gasteiger partial charge in [0.25, 0.3) is 0 Å². The zero-order valence-electron chi connectivity index (χ0n) is 10.3. The maximum absolute atomic E-state index is 11.1. The summed E-state index contributed by atoms with van der Waals surface area (Å²) in [4.78, 5) is 11.1. The fourth-order valence-corrected chi connectivity index (χ4v) is 2.26. The minimum Gasteiger partial charge on any atom is -0.465 e. The molecular formula is C14H19NO2. The van der Waals surface area contributed by atoms with E-state index in [1.165, 1.54) is 36.0 Å². The van der Waals surface area contributed by atoms with E-state index in [-0.39, 0.29) is 12.5 Å². The number of fused-ring (bicyclic) bond motifs is 1. The Bertz CT molecular complexity index is 401. The number of nitrogens with one attached hydrogen (secondary N) is 1. The Hall–Kier alpha value is -1.35. The van der Waals surface area contributed by atoms with Crippen LogP contribution in [0.4, 0.5) is 0 Å². The fraction of sp³-hybridized carbons (Fsp3) is 0.500. The molecule has 2 rings (SSSR count). The number of esters is 1. The van der Waals surface area contributed by atoms with Gasteiger partial charge in [0.2, 0.25) is 0 Å². The molecule has 0 saturated heterocycles. The predicted octanol–water partition coefficient (Wildman–Crippen LogP) is 1.83. The lowest BCUT2D eigenvalue weighted by Crippen LogP contribution is -2.24. The maximum Gasteiger partial charge on any atom is 0.319 e. The molecule has 0 atom stereocenters. The first-order valence-corrected chi connectivity index (χ1v) is 6.26. The molecule has 3 heteroatoms. The van der Waals surface area contributed by atoms with Crippen LogP contribution in [0.15, 0.2) is 18.2 Å². The quantitative estimate of drug-likeness (QED) is 0.788. The van der Waals surface area contributed by atoms with Crippen molar-refractivity contribution in [3.63, 3.8) is 0 Å². The first-order chi connectivity index (χ1) is 8.29. The van der Waals surface area contributed by atoms with E-state index in [0.29, 0.717) is 6.61 Å². The third-order valence-corrected chi connectivity index (χ3v) is 3.07. The topological polar surface area (TPSA) is 38.3 Å². The van der Waals surface area contributed by atoms with Gasteiger partial charge in [-0.1, -0.05) is 18.2 Å². The molecule has 92 valence electrons. The molecule has 0 heterocycles.